The zero-order valence-electron chi connectivity index (χ0n) is 12.1. The van der Waals surface area contributed by atoms with Crippen molar-refractivity contribution in [2.75, 3.05) is 0 Å². The van der Waals surface area contributed by atoms with Crippen molar-refractivity contribution in [3.63, 3.8) is 0 Å². The zero-order chi connectivity index (χ0) is 14.0. The second-order valence-corrected chi connectivity index (χ2v) is 7.38. The number of aromatic nitrogens is 2. The SMILES string of the molecule is Cc1nn(C)c(Cl)c1CC(NN)C1C2C3CCC(C3)C21. The number of halogens is 1. The quantitative estimate of drug-likeness (QED) is 0.660. The molecule has 1 heterocycles. The van der Waals surface area contributed by atoms with Crippen molar-refractivity contribution >= 4 is 11.6 Å². The van der Waals surface area contributed by atoms with Gasteiger partial charge in [0.15, 0.2) is 0 Å². The average Bonchev–Trinajstić information content (AvgIpc) is 2.74. The number of nitrogens with two attached hydrogens (primary N) is 1. The lowest BCUT2D eigenvalue weighted by Gasteiger charge is -2.19. The Bertz CT molecular complexity index is 524. The summed E-state index contributed by atoms with van der Waals surface area (Å²) in [7, 11) is 1.90. The Morgan fingerprint density at radius 1 is 1.40 bits per heavy atom. The highest BCUT2D eigenvalue weighted by molar-refractivity contribution is 6.30. The lowest BCUT2D eigenvalue weighted by molar-refractivity contribution is 0.364. The Morgan fingerprint density at radius 3 is 2.55 bits per heavy atom. The summed E-state index contributed by atoms with van der Waals surface area (Å²) in [5.41, 5.74) is 5.27. The van der Waals surface area contributed by atoms with Gasteiger partial charge < -0.3 is 0 Å². The fourth-order valence-corrected chi connectivity index (χ4v) is 5.61. The molecule has 0 radical (unpaired) electrons. The molecule has 4 nitrogen and oxygen atoms in total. The molecular formula is C15H23ClN4. The molecule has 5 unspecified atom stereocenters. The minimum absolute atomic E-state index is 0.355. The Balaban J connectivity index is 1.53. The summed E-state index contributed by atoms with van der Waals surface area (Å²) in [5.74, 6) is 10.5. The number of hydrazine groups is 1. The fraction of sp³-hybridized carbons (Fsp3) is 0.800. The molecule has 5 atom stereocenters. The highest BCUT2D eigenvalue weighted by Crippen LogP contribution is 2.70. The molecule has 110 valence electrons. The summed E-state index contributed by atoms with van der Waals surface area (Å²) >= 11 is 6.36. The van der Waals surface area contributed by atoms with E-state index < -0.39 is 0 Å². The molecule has 20 heavy (non-hydrogen) atoms. The second-order valence-electron chi connectivity index (χ2n) is 7.02. The summed E-state index contributed by atoms with van der Waals surface area (Å²) in [5, 5.41) is 5.17. The van der Waals surface area contributed by atoms with Crippen molar-refractivity contribution in [2.24, 2.45) is 42.5 Å². The van der Waals surface area contributed by atoms with E-state index in [1.807, 2.05) is 14.0 Å². The maximum absolute atomic E-state index is 6.36. The van der Waals surface area contributed by atoms with Gasteiger partial charge in [0.1, 0.15) is 5.15 Å². The Morgan fingerprint density at radius 2 is 2.05 bits per heavy atom. The molecule has 3 N–H and O–H groups in total. The van der Waals surface area contributed by atoms with E-state index in [2.05, 4.69) is 10.5 Å². The van der Waals surface area contributed by atoms with Gasteiger partial charge in [0.05, 0.1) is 5.69 Å². The van der Waals surface area contributed by atoms with Crippen LogP contribution in [0.2, 0.25) is 5.15 Å². The molecule has 2 bridgehead atoms. The van der Waals surface area contributed by atoms with Gasteiger partial charge in [0.2, 0.25) is 0 Å². The number of aryl methyl sites for hydroxylation is 2. The first kappa shape index (κ1) is 13.1. The van der Waals surface area contributed by atoms with E-state index in [1.165, 1.54) is 19.3 Å². The predicted molar refractivity (Wildman–Crippen MR) is 79.1 cm³/mol. The van der Waals surface area contributed by atoms with Gasteiger partial charge in [-0.15, -0.1) is 0 Å². The molecule has 3 aliphatic rings. The van der Waals surface area contributed by atoms with Crippen LogP contribution in [0.5, 0.6) is 0 Å². The third kappa shape index (κ3) is 1.71. The number of hydrogen-bond acceptors (Lipinski definition) is 3. The van der Waals surface area contributed by atoms with Crippen molar-refractivity contribution in [2.45, 2.75) is 38.6 Å². The smallest absolute Gasteiger partial charge is 0.130 e. The molecule has 3 fully saturated rings. The minimum Gasteiger partial charge on any atom is -0.271 e. The maximum Gasteiger partial charge on any atom is 0.130 e. The zero-order valence-corrected chi connectivity index (χ0v) is 12.9. The summed E-state index contributed by atoms with van der Waals surface area (Å²) < 4.78 is 1.76. The first-order valence-electron chi connectivity index (χ1n) is 7.76. The van der Waals surface area contributed by atoms with Crippen LogP contribution in [-0.4, -0.2) is 15.8 Å². The molecule has 3 saturated carbocycles. The first-order chi connectivity index (χ1) is 9.61. The van der Waals surface area contributed by atoms with Gasteiger partial charge in [-0.2, -0.15) is 5.10 Å². The monoisotopic (exact) mass is 294 g/mol. The molecule has 0 amide bonds. The van der Waals surface area contributed by atoms with Crippen molar-refractivity contribution in [3.8, 4) is 0 Å². The van der Waals surface area contributed by atoms with Crippen LogP contribution < -0.4 is 11.3 Å². The third-order valence-corrected chi connectivity index (χ3v) is 6.64. The molecule has 0 saturated heterocycles. The van der Waals surface area contributed by atoms with E-state index in [-0.39, 0.29) is 0 Å². The van der Waals surface area contributed by atoms with Crippen LogP contribution in [0.15, 0.2) is 0 Å². The van der Waals surface area contributed by atoms with E-state index in [4.69, 9.17) is 17.4 Å². The summed E-state index contributed by atoms with van der Waals surface area (Å²) in [6.45, 7) is 2.03. The first-order valence-corrected chi connectivity index (χ1v) is 8.13. The van der Waals surface area contributed by atoms with Crippen LogP contribution >= 0.6 is 11.6 Å². The van der Waals surface area contributed by atoms with Crippen LogP contribution in [0, 0.1) is 36.5 Å². The lowest BCUT2D eigenvalue weighted by Crippen LogP contribution is -2.40. The molecule has 0 aliphatic heterocycles. The standard InChI is InChI=1S/C15H23ClN4/c1-7-10(15(16)20(2)19-7)6-11(18-17)14-12-8-3-4-9(5-8)13(12)14/h8-9,11-14,18H,3-6,17H2,1-2H3. The van der Waals surface area contributed by atoms with Crippen molar-refractivity contribution in [1.29, 1.82) is 0 Å². The summed E-state index contributed by atoms with van der Waals surface area (Å²) in [4.78, 5) is 0. The number of nitrogens with one attached hydrogen (secondary N) is 1. The fourth-order valence-electron chi connectivity index (χ4n) is 5.36. The maximum atomic E-state index is 6.36. The van der Waals surface area contributed by atoms with Crippen LogP contribution in [0.4, 0.5) is 0 Å². The molecule has 1 aromatic heterocycles. The molecule has 0 aromatic carbocycles. The van der Waals surface area contributed by atoms with Crippen LogP contribution in [-0.2, 0) is 13.5 Å². The van der Waals surface area contributed by atoms with Gasteiger partial charge in [-0.05, 0) is 62.2 Å². The third-order valence-electron chi connectivity index (χ3n) is 6.17. The number of nitrogens with zero attached hydrogens (tertiary/aromatic N) is 2. The average molecular weight is 295 g/mol. The highest BCUT2D eigenvalue weighted by Gasteiger charge is 2.66. The predicted octanol–water partition coefficient (Wildman–Crippen LogP) is 2.05. The van der Waals surface area contributed by atoms with Gasteiger partial charge in [-0.25, -0.2) is 0 Å². The minimum atomic E-state index is 0.355. The Labute approximate surface area is 125 Å². The molecular weight excluding hydrogens is 272 g/mol. The summed E-state index contributed by atoms with van der Waals surface area (Å²) in [6.07, 6.45) is 5.29. The Kier molecular flexibility index (Phi) is 2.92. The van der Waals surface area contributed by atoms with Gasteiger partial charge in [0, 0.05) is 18.7 Å². The largest absolute Gasteiger partial charge is 0.271 e. The van der Waals surface area contributed by atoms with Crippen LogP contribution in [0.3, 0.4) is 0 Å². The van der Waals surface area contributed by atoms with E-state index in [9.17, 15) is 0 Å². The second kappa shape index (κ2) is 4.46. The van der Waals surface area contributed by atoms with Crippen molar-refractivity contribution < 1.29 is 0 Å². The van der Waals surface area contributed by atoms with E-state index >= 15 is 0 Å². The van der Waals surface area contributed by atoms with Crippen molar-refractivity contribution in [1.82, 2.24) is 15.2 Å². The Hall–Kier alpha value is -0.580. The topological polar surface area (TPSA) is 55.9 Å². The number of rotatable bonds is 4. The normalized spacial score (nSPS) is 39.1. The van der Waals surface area contributed by atoms with E-state index in [1.54, 1.807) is 4.68 Å². The van der Waals surface area contributed by atoms with E-state index in [0.29, 0.717) is 6.04 Å². The van der Waals surface area contributed by atoms with E-state index in [0.717, 1.165) is 52.4 Å². The number of fused-ring (bicyclic) bond motifs is 5. The highest BCUT2D eigenvalue weighted by atomic mass is 35.5. The van der Waals surface area contributed by atoms with Gasteiger partial charge in [-0.3, -0.25) is 16.0 Å². The molecule has 3 aliphatic carbocycles. The molecule has 5 heteroatoms. The summed E-state index contributed by atoms with van der Waals surface area (Å²) in [6, 6.07) is 0.355. The molecule has 0 spiro atoms. The van der Waals surface area contributed by atoms with Crippen molar-refractivity contribution in [3.05, 3.63) is 16.4 Å². The molecule has 4 rings (SSSR count). The van der Waals surface area contributed by atoms with Crippen LogP contribution in [0.1, 0.15) is 30.5 Å². The van der Waals surface area contributed by atoms with Gasteiger partial charge >= 0.3 is 0 Å². The molecule has 1 aromatic rings. The van der Waals surface area contributed by atoms with Crippen LogP contribution in [0.25, 0.3) is 0 Å². The lowest BCUT2D eigenvalue weighted by atomic mass is 9.94. The number of hydrogen-bond donors (Lipinski definition) is 2. The van der Waals surface area contributed by atoms with Gasteiger partial charge in [-0.1, -0.05) is 11.6 Å². The van der Waals surface area contributed by atoms with Gasteiger partial charge in [0.25, 0.3) is 0 Å².